The predicted molar refractivity (Wildman–Crippen MR) is 129 cm³/mol. The van der Waals surface area contributed by atoms with Crippen LogP contribution in [0.25, 0.3) is 17.0 Å². The van der Waals surface area contributed by atoms with E-state index in [2.05, 4.69) is 20.8 Å². The number of anilines is 1. The lowest BCUT2D eigenvalue weighted by atomic mass is 10.1. The molecule has 0 aliphatic heterocycles. The largest absolute Gasteiger partial charge is 0.360 e. The summed E-state index contributed by atoms with van der Waals surface area (Å²) in [6, 6.07) is 24.5. The van der Waals surface area contributed by atoms with Gasteiger partial charge in [-0.2, -0.15) is 5.10 Å². The first-order valence-electron chi connectivity index (χ1n) is 10.2. The van der Waals surface area contributed by atoms with Crippen LogP contribution in [-0.4, -0.2) is 22.5 Å². The standard InChI is InChI=1S/C26H22N4O2/c1-18(29-30-26(32)23-17-27-24-10-6-5-9-22(23)24)20-12-14-21(15-13-20)28-25(31)16-11-19-7-3-2-4-8-19/h2-17,27H,1H3,(H,28,31)(H,30,32)/b16-11+,29-18+. The van der Waals surface area contributed by atoms with Crippen LogP contribution in [0.1, 0.15) is 28.4 Å². The molecule has 0 saturated heterocycles. The van der Waals surface area contributed by atoms with E-state index in [1.54, 1.807) is 24.4 Å². The lowest BCUT2D eigenvalue weighted by Gasteiger charge is -2.05. The summed E-state index contributed by atoms with van der Waals surface area (Å²) in [4.78, 5) is 27.7. The molecule has 0 bridgehead atoms. The SMILES string of the molecule is C/C(=N\NC(=O)c1c[nH]c2ccccc12)c1ccc(NC(=O)/C=C/c2ccccc2)cc1. The van der Waals surface area contributed by atoms with Crippen molar-refractivity contribution in [1.29, 1.82) is 0 Å². The Kier molecular flexibility index (Phi) is 6.22. The third-order valence-corrected chi connectivity index (χ3v) is 4.96. The van der Waals surface area contributed by atoms with E-state index in [4.69, 9.17) is 0 Å². The molecule has 0 spiro atoms. The van der Waals surface area contributed by atoms with Crippen LogP contribution in [-0.2, 0) is 4.79 Å². The summed E-state index contributed by atoms with van der Waals surface area (Å²) < 4.78 is 0. The maximum Gasteiger partial charge on any atom is 0.273 e. The fourth-order valence-electron chi connectivity index (χ4n) is 3.23. The van der Waals surface area contributed by atoms with Crippen LogP contribution < -0.4 is 10.7 Å². The molecule has 0 fully saturated rings. The number of hydrogen-bond acceptors (Lipinski definition) is 3. The maximum absolute atomic E-state index is 12.5. The van der Waals surface area contributed by atoms with Crippen molar-refractivity contribution in [3.8, 4) is 0 Å². The number of nitrogens with zero attached hydrogens (tertiary/aromatic N) is 1. The highest BCUT2D eigenvalue weighted by molar-refractivity contribution is 6.08. The van der Waals surface area contributed by atoms with Gasteiger partial charge in [0.2, 0.25) is 5.91 Å². The Hall–Kier alpha value is -4.45. The summed E-state index contributed by atoms with van der Waals surface area (Å²) in [5, 5.41) is 7.89. The summed E-state index contributed by atoms with van der Waals surface area (Å²) >= 11 is 0. The quantitative estimate of drug-likeness (QED) is 0.233. The minimum absolute atomic E-state index is 0.210. The van der Waals surface area contributed by atoms with E-state index >= 15 is 0 Å². The zero-order valence-corrected chi connectivity index (χ0v) is 17.5. The molecule has 4 rings (SSSR count). The number of para-hydroxylation sites is 1. The van der Waals surface area contributed by atoms with Crippen molar-refractivity contribution in [3.05, 3.63) is 108 Å². The predicted octanol–water partition coefficient (Wildman–Crippen LogP) is 4.97. The average molecular weight is 422 g/mol. The first-order chi connectivity index (χ1) is 15.6. The van der Waals surface area contributed by atoms with Gasteiger partial charge in [-0.1, -0.05) is 60.7 Å². The minimum atomic E-state index is -0.282. The molecule has 32 heavy (non-hydrogen) atoms. The molecule has 6 nitrogen and oxygen atoms in total. The number of benzene rings is 3. The highest BCUT2D eigenvalue weighted by atomic mass is 16.2. The molecule has 1 aromatic heterocycles. The Morgan fingerprint density at radius 3 is 2.41 bits per heavy atom. The summed E-state index contributed by atoms with van der Waals surface area (Å²) in [5.74, 6) is -0.492. The molecule has 6 heteroatoms. The Morgan fingerprint density at radius 1 is 0.906 bits per heavy atom. The van der Waals surface area contributed by atoms with Crippen LogP contribution in [0.5, 0.6) is 0 Å². The van der Waals surface area contributed by atoms with Crippen molar-refractivity contribution < 1.29 is 9.59 Å². The summed E-state index contributed by atoms with van der Waals surface area (Å²) in [6.07, 6.45) is 4.93. The van der Waals surface area contributed by atoms with Gasteiger partial charge in [0.05, 0.1) is 11.3 Å². The molecule has 1 heterocycles. The Balaban J connectivity index is 1.36. The number of aromatic amines is 1. The third kappa shape index (κ3) is 4.99. The molecule has 3 N–H and O–H groups in total. The topological polar surface area (TPSA) is 86.3 Å². The number of hydrazone groups is 1. The van der Waals surface area contributed by atoms with E-state index in [0.29, 0.717) is 17.0 Å². The highest BCUT2D eigenvalue weighted by Gasteiger charge is 2.11. The molecule has 3 aromatic carbocycles. The fourth-order valence-corrected chi connectivity index (χ4v) is 3.23. The highest BCUT2D eigenvalue weighted by Crippen LogP contribution is 2.17. The van der Waals surface area contributed by atoms with Crippen molar-refractivity contribution >= 4 is 40.2 Å². The lowest BCUT2D eigenvalue weighted by molar-refractivity contribution is -0.111. The first kappa shape index (κ1) is 20.8. The van der Waals surface area contributed by atoms with Crippen molar-refractivity contribution in [2.24, 2.45) is 5.10 Å². The smallest absolute Gasteiger partial charge is 0.273 e. The Bertz CT molecular complexity index is 1300. The Labute approximate surface area is 185 Å². The van der Waals surface area contributed by atoms with Gasteiger partial charge in [-0.15, -0.1) is 0 Å². The number of rotatable bonds is 6. The second-order valence-electron chi connectivity index (χ2n) is 7.20. The van der Waals surface area contributed by atoms with Crippen LogP contribution in [0.4, 0.5) is 5.69 Å². The van der Waals surface area contributed by atoms with Gasteiger partial charge in [-0.05, 0) is 42.3 Å². The van der Waals surface area contributed by atoms with Gasteiger partial charge in [-0.3, -0.25) is 9.59 Å². The number of nitrogens with one attached hydrogen (secondary N) is 3. The number of carbonyl (C=O) groups is 2. The number of hydrogen-bond donors (Lipinski definition) is 3. The summed E-state index contributed by atoms with van der Waals surface area (Å²) in [7, 11) is 0. The molecule has 2 amide bonds. The molecule has 0 aliphatic carbocycles. The normalized spacial score (nSPS) is 11.6. The minimum Gasteiger partial charge on any atom is -0.360 e. The molecule has 0 atom stereocenters. The van der Waals surface area contributed by atoms with E-state index in [-0.39, 0.29) is 11.8 Å². The first-order valence-corrected chi connectivity index (χ1v) is 10.2. The third-order valence-electron chi connectivity index (χ3n) is 4.96. The van der Waals surface area contributed by atoms with Crippen LogP contribution in [0.2, 0.25) is 0 Å². The monoisotopic (exact) mass is 422 g/mol. The summed E-state index contributed by atoms with van der Waals surface area (Å²) in [6.45, 7) is 1.81. The molecular weight excluding hydrogens is 400 g/mol. The number of H-pyrrole nitrogens is 1. The van der Waals surface area contributed by atoms with E-state index in [9.17, 15) is 9.59 Å². The zero-order valence-electron chi connectivity index (χ0n) is 17.5. The molecular formula is C26H22N4O2. The van der Waals surface area contributed by atoms with Crippen molar-refractivity contribution in [3.63, 3.8) is 0 Å². The number of aromatic nitrogens is 1. The zero-order chi connectivity index (χ0) is 22.3. The molecule has 0 unspecified atom stereocenters. The number of fused-ring (bicyclic) bond motifs is 1. The Morgan fingerprint density at radius 2 is 1.62 bits per heavy atom. The van der Waals surface area contributed by atoms with Crippen LogP contribution in [0, 0.1) is 0 Å². The van der Waals surface area contributed by atoms with Gasteiger partial charge in [0.1, 0.15) is 0 Å². The summed E-state index contributed by atoms with van der Waals surface area (Å²) in [5.41, 5.74) is 7.16. The van der Waals surface area contributed by atoms with Crippen molar-refractivity contribution in [2.45, 2.75) is 6.92 Å². The van der Waals surface area contributed by atoms with Gasteiger partial charge in [0.25, 0.3) is 5.91 Å². The van der Waals surface area contributed by atoms with Crippen molar-refractivity contribution in [1.82, 2.24) is 10.4 Å². The number of amides is 2. The van der Waals surface area contributed by atoms with Crippen LogP contribution in [0.3, 0.4) is 0 Å². The van der Waals surface area contributed by atoms with Gasteiger partial charge >= 0.3 is 0 Å². The van der Waals surface area contributed by atoms with Gasteiger partial charge in [-0.25, -0.2) is 5.43 Å². The molecule has 0 saturated carbocycles. The lowest BCUT2D eigenvalue weighted by Crippen LogP contribution is -2.19. The average Bonchev–Trinajstić information content (AvgIpc) is 3.26. The van der Waals surface area contributed by atoms with E-state index < -0.39 is 0 Å². The van der Waals surface area contributed by atoms with E-state index in [1.165, 1.54) is 6.08 Å². The number of carbonyl (C=O) groups excluding carboxylic acids is 2. The van der Waals surface area contributed by atoms with Crippen LogP contribution in [0.15, 0.2) is 96.2 Å². The van der Waals surface area contributed by atoms with Gasteiger partial charge in [0.15, 0.2) is 0 Å². The van der Waals surface area contributed by atoms with E-state index in [1.807, 2.05) is 73.7 Å². The van der Waals surface area contributed by atoms with Gasteiger partial charge in [0, 0.05) is 28.9 Å². The fraction of sp³-hybridized carbons (Fsp3) is 0.0385. The van der Waals surface area contributed by atoms with E-state index in [0.717, 1.165) is 22.0 Å². The molecule has 4 aromatic rings. The molecule has 158 valence electrons. The van der Waals surface area contributed by atoms with Crippen LogP contribution >= 0.6 is 0 Å². The van der Waals surface area contributed by atoms with Gasteiger partial charge < -0.3 is 10.3 Å². The van der Waals surface area contributed by atoms with Crippen molar-refractivity contribution in [2.75, 3.05) is 5.32 Å². The maximum atomic E-state index is 12.5. The second-order valence-corrected chi connectivity index (χ2v) is 7.20. The molecule has 0 aliphatic rings. The second kappa shape index (κ2) is 9.57. The molecule has 0 radical (unpaired) electrons.